The molecule has 0 saturated carbocycles. The molecule has 0 spiro atoms. The second kappa shape index (κ2) is 7.06. The average Bonchev–Trinajstić information content (AvgIpc) is 2.49. The topological polar surface area (TPSA) is 81.5 Å². The van der Waals surface area contributed by atoms with Gasteiger partial charge in [-0.3, -0.25) is 14.9 Å². The van der Waals surface area contributed by atoms with Crippen LogP contribution in [0.5, 0.6) is 5.75 Å². The summed E-state index contributed by atoms with van der Waals surface area (Å²) in [4.78, 5) is 22.2. The molecule has 0 aromatic heterocycles. The van der Waals surface area contributed by atoms with Crippen molar-refractivity contribution in [2.45, 2.75) is 6.92 Å². The minimum atomic E-state index is -0.601. The van der Waals surface area contributed by atoms with Gasteiger partial charge in [0.2, 0.25) is 0 Å². The highest BCUT2D eigenvalue weighted by molar-refractivity contribution is 6.31. The van der Waals surface area contributed by atoms with Crippen LogP contribution in [-0.4, -0.2) is 17.4 Å². The number of rotatable bonds is 5. The summed E-state index contributed by atoms with van der Waals surface area (Å²) in [7, 11) is 0. The predicted octanol–water partition coefficient (Wildman–Crippen LogP) is 3.71. The highest BCUT2D eigenvalue weighted by Gasteiger charge is 2.16. The van der Waals surface area contributed by atoms with Crippen LogP contribution in [0.3, 0.4) is 0 Å². The number of nitro groups is 1. The number of benzene rings is 2. The first kappa shape index (κ1) is 16.7. The molecule has 2 rings (SSSR count). The van der Waals surface area contributed by atoms with Crippen LogP contribution >= 0.6 is 11.6 Å². The summed E-state index contributed by atoms with van der Waals surface area (Å²) >= 11 is 5.61. The number of hydrogen-bond acceptors (Lipinski definition) is 4. The number of hydrogen-bond donors (Lipinski definition) is 1. The van der Waals surface area contributed by atoms with Crippen molar-refractivity contribution in [2.75, 3.05) is 11.9 Å². The lowest BCUT2D eigenvalue weighted by atomic mass is 10.2. The van der Waals surface area contributed by atoms with Gasteiger partial charge in [0.15, 0.2) is 12.4 Å². The minimum absolute atomic E-state index is 0.00658. The lowest BCUT2D eigenvalue weighted by Gasteiger charge is -2.08. The fraction of sp³-hybridized carbons (Fsp3) is 0.133. The van der Waals surface area contributed by atoms with Gasteiger partial charge in [-0.2, -0.15) is 0 Å². The molecule has 0 aliphatic carbocycles. The molecule has 8 heteroatoms. The summed E-state index contributed by atoms with van der Waals surface area (Å²) in [5.74, 6) is -1.16. The van der Waals surface area contributed by atoms with Gasteiger partial charge in [0.25, 0.3) is 5.91 Å². The van der Waals surface area contributed by atoms with E-state index in [9.17, 15) is 19.3 Å². The Morgan fingerprint density at radius 2 is 2.09 bits per heavy atom. The molecule has 0 heterocycles. The Labute approximate surface area is 136 Å². The van der Waals surface area contributed by atoms with Crippen molar-refractivity contribution in [3.05, 3.63) is 62.9 Å². The number of carbonyl (C=O) groups is 1. The first-order valence-corrected chi connectivity index (χ1v) is 6.87. The van der Waals surface area contributed by atoms with E-state index in [0.29, 0.717) is 11.3 Å². The molecule has 0 unspecified atom stereocenters. The summed E-state index contributed by atoms with van der Waals surface area (Å²) < 4.78 is 18.2. The van der Waals surface area contributed by atoms with Crippen LogP contribution < -0.4 is 10.1 Å². The summed E-state index contributed by atoms with van der Waals surface area (Å²) in [6, 6.07) is 8.13. The van der Waals surface area contributed by atoms with Crippen molar-refractivity contribution in [1.82, 2.24) is 0 Å². The van der Waals surface area contributed by atoms with Gasteiger partial charge in [-0.25, -0.2) is 4.39 Å². The van der Waals surface area contributed by atoms with Crippen molar-refractivity contribution < 1.29 is 18.8 Å². The molecule has 2 aromatic carbocycles. The Hall–Kier alpha value is -2.67. The average molecular weight is 339 g/mol. The normalized spacial score (nSPS) is 10.2. The Balaban J connectivity index is 2.02. The van der Waals surface area contributed by atoms with Gasteiger partial charge in [0, 0.05) is 11.8 Å². The first-order chi connectivity index (χ1) is 10.9. The predicted molar refractivity (Wildman–Crippen MR) is 83.4 cm³/mol. The molecule has 23 heavy (non-hydrogen) atoms. The quantitative estimate of drug-likeness (QED) is 0.665. The van der Waals surface area contributed by atoms with Crippen LogP contribution in [0.25, 0.3) is 0 Å². The largest absolute Gasteiger partial charge is 0.477 e. The maximum Gasteiger partial charge on any atom is 0.311 e. The molecule has 0 aliphatic heterocycles. The van der Waals surface area contributed by atoms with Gasteiger partial charge in [0.1, 0.15) is 5.82 Å². The van der Waals surface area contributed by atoms with Crippen LogP contribution in [-0.2, 0) is 4.79 Å². The number of ether oxygens (including phenoxy) is 1. The molecule has 0 fully saturated rings. The highest BCUT2D eigenvalue weighted by atomic mass is 35.5. The number of nitrogens with one attached hydrogen (secondary N) is 1. The third kappa shape index (κ3) is 4.40. The Morgan fingerprint density at radius 3 is 2.74 bits per heavy atom. The van der Waals surface area contributed by atoms with Gasteiger partial charge in [-0.05, 0) is 36.8 Å². The number of amides is 1. The summed E-state index contributed by atoms with van der Waals surface area (Å²) in [6.07, 6.45) is 0. The van der Waals surface area contributed by atoms with Crippen molar-refractivity contribution in [3.8, 4) is 5.75 Å². The monoisotopic (exact) mass is 338 g/mol. The van der Waals surface area contributed by atoms with E-state index in [1.165, 1.54) is 24.3 Å². The van der Waals surface area contributed by atoms with Gasteiger partial charge in [0.05, 0.1) is 9.95 Å². The lowest BCUT2D eigenvalue weighted by Crippen LogP contribution is -2.20. The van der Waals surface area contributed by atoms with E-state index in [-0.39, 0.29) is 16.5 Å². The van der Waals surface area contributed by atoms with Crippen LogP contribution in [0.1, 0.15) is 5.56 Å². The minimum Gasteiger partial charge on any atom is -0.477 e. The second-order valence-corrected chi connectivity index (χ2v) is 5.10. The number of aryl methyl sites for hydroxylation is 1. The maximum absolute atomic E-state index is 13.0. The van der Waals surface area contributed by atoms with Crippen LogP contribution in [0.15, 0.2) is 36.4 Å². The molecule has 6 nitrogen and oxygen atoms in total. The van der Waals surface area contributed by atoms with E-state index in [1.54, 1.807) is 13.0 Å². The molecule has 2 aromatic rings. The molecule has 1 N–H and O–H groups in total. The third-order valence-corrected chi connectivity index (χ3v) is 3.16. The Morgan fingerprint density at radius 1 is 1.35 bits per heavy atom. The second-order valence-electron chi connectivity index (χ2n) is 4.69. The highest BCUT2D eigenvalue weighted by Crippen LogP contribution is 2.27. The van der Waals surface area contributed by atoms with Gasteiger partial charge < -0.3 is 10.1 Å². The van der Waals surface area contributed by atoms with E-state index < -0.39 is 23.3 Å². The zero-order valence-corrected chi connectivity index (χ0v) is 12.8. The van der Waals surface area contributed by atoms with E-state index in [2.05, 4.69) is 5.32 Å². The molecule has 0 radical (unpaired) electrons. The smallest absolute Gasteiger partial charge is 0.311 e. The number of anilines is 1. The molecular formula is C15H12ClFN2O4. The SMILES string of the molecule is Cc1ccc(OCC(=O)Nc2ccc(F)c(Cl)c2)c([N+](=O)[O-])c1. The number of carbonyl (C=O) groups excluding carboxylic acids is 1. The number of nitro benzene ring substituents is 1. The van der Waals surface area contributed by atoms with Crippen molar-refractivity contribution in [1.29, 1.82) is 0 Å². The Kier molecular flexibility index (Phi) is 5.13. The molecule has 0 bridgehead atoms. The molecule has 1 amide bonds. The van der Waals surface area contributed by atoms with Crippen molar-refractivity contribution in [2.24, 2.45) is 0 Å². The van der Waals surface area contributed by atoms with Gasteiger partial charge in [-0.1, -0.05) is 17.7 Å². The molecule has 0 atom stereocenters. The van der Waals surface area contributed by atoms with Crippen molar-refractivity contribution in [3.63, 3.8) is 0 Å². The number of nitrogens with zero attached hydrogens (tertiary/aromatic N) is 1. The fourth-order valence-electron chi connectivity index (χ4n) is 1.81. The molecular weight excluding hydrogens is 327 g/mol. The van der Waals surface area contributed by atoms with Crippen LogP contribution in [0.4, 0.5) is 15.8 Å². The molecule has 120 valence electrons. The molecule has 0 saturated heterocycles. The van der Waals surface area contributed by atoms with Gasteiger partial charge in [-0.15, -0.1) is 0 Å². The zero-order valence-electron chi connectivity index (χ0n) is 12.0. The van der Waals surface area contributed by atoms with Crippen molar-refractivity contribution >= 4 is 28.9 Å². The molecule has 0 aliphatic rings. The standard InChI is InChI=1S/C15H12ClFN2O4/c1-9-2-5-14(13(6-9)19(21)22)23-8-15(20)18-10-3-4-12(17)11(16)7-10/h2-7H,8H2,1H3,(H,18,20). The lowest BCUT2D eigenvalue weighted by molar-refractivity contribution is -0.385. The Bertz CT molecular complexity index is 767. The number of halogens is 2. The van der Waals surface area contributed by atoms with E-state index >= 15 is 0 Å². The van der Waals surface area contributed by atoms with E-state index in [0.717, 1.165) is 6.07 Å². The maximum atomic E-state index is 13.0. The van der Waals surface area contributed by atoms with E-state index in [1.807, 2.05) is 0 Å². The third-order valence-electron chi connectivity index (χ3n) is 2.87. The van der Waals surface area contributed by atoms with E-state index in [4.69, 9.17) is 16.3 Å². The zero-order chi connectivity index (χ0) is 17.0. The first-order valence-electron chi connectivity index (χ1n) is 6.49. The van der Waals surface area contributed by atoms with Gasteiger partial charge >= 0.3 is 5.69 Å². The van der Waals surface area contributed by atoms with Crippen LogP contribution in [0.2, 0.25) is 5.02 Å². The fourth-order valence-corrected chi connectivity index (χ4v) is 1.99. The summed E-state index contributed by atoms with van der Waals surface area (Å²) in [6.45, 7) is 1.28. The summed E-state index contributed by atoms with van der Waals surface area (Å²) in [5.41, 5.74) is 0.778. The van der Waals surface area contributed by atoms with Crippen LogP contribution in [0, 0.1) is 22.9 Å². The summed E-state index contributed by atoms with van der Waals surface area (Å²) in [5, 5.41) is 13.3.